The van der Waals surface area contributed by atoms with Crippen molar-refractivity contribution in [2.45, 2.75) is 6.04 Å². The van der Waals surface area contributed by atoms with E-state index < -0.39 is 11.6 Å². The van der Waals surface area contributed by atoms with Crippen molar-refractivity contribution >= 4 is 11.5 Å². The Bertz CT molecular complexity index is 937. The number of piperazine rings is 1. The van der Waals surface area contributed by atoms with Crippen molar-refractivity contribution in [2.75, 3.05) is 25.1 Å². The topological polar surface area (TPSA) is 53.0 Å². The maximum Gasteiger partial charge on any atom is 0.191 e. The zero-order chi connectivity index (χ0) is 19.0. The number of ketones is 1. The number of hydrogen-bond acceptors (Lipinski definition) is 5. The minimum absolute atomic E-state index is 0.0351. The van der Waals surface area contributed by atoms with Gasteiger partial charge in [0.1, 0.15) is 17.3 Å². The summed E-state index contributed by atoms with van der Waals surface area (Å²) in [7, 11) is 1.64. The van der Waals surface area contributed by atoms with E-state index in [1.807, 2.05) is 24.3 Å². The van der Waals surface area contributed by atoms with Crippen LogP contribution in [0.5, 0.6) is 11.5 Å². The van der Waals surface area contributed by atoms with Crippen LogP contribution in [0, 0.1) is 5.82 Å². The molecule has 4 rings (SSSR count). The Hall–Kier alpha value is -3.28. The Morgan fingerprint density at radius 1 is 1.26 bits per heavy atom. The Kier molecular flexibility index (Phi) is 4.32. The van der Waals surface area contributed by atoms with Crippen molar-refractivity contribution in [3.05, 3.63) is 77.9 Å². The van der Waals surface area contributed by atoms with Gasteiger partial charge in [-0.1, -0.05) is 0 Å². The van der Waals surface area contributed by atoms with Gasteiger partial charge in [0, 0.05) is 30.2 Å². The number of rotatable bonds is 5. The number of methoxy groups -OCH3 is 1. The van der Waals surface area contributed by atoms with E-state index in [-0.39, 0.29) is 17.4 Å². The lowest BCUT2D eigenvalue weighted by Crippen LogP contribution is -2.41. The fraction of sp³-hybridized carbons (Fsp3) is 0.190. The van der Waals surface area contributed by atoms with Crippen LogP contribution in [0.4, 0.5) is 10.1 Å². The maximum atomic E-state index is 13.3. The molecule has 0 fully saturated rings. The Labute approximate surface area is 156 Å². The number of carbonyl (C=O) groups excluding carboxylic acids is 1. The van der Waals surface area contributed by atoms with Crippen molar-refractivity contribution in [3.8, 4) is 11.5 Å². The highest BCUT2D eigenvalue weighted by Crippen LogP contribution is 2.33. The van der Waals surface area contributed by atoms with Crippen LogP contribution in [-0.2, 0) is 0 Å². The second-order valence-corrected chi connectivity index (χ2v) is 6.55. The van der Waals surface area contributed by atoms with Gasteiger partial charge < -0.3 is 19.6 Å². The monoisotopic (exact) mass is 366 g/mol. The van der Waals surface area contributed by atoms with Crippen LogP contribution in [0.3, 0.4) is 0 Å². The third-order valence-electron chi connectivity index (χ3n) is 4.90. The van der Waals surface area contributed by atoms with Gasteiger partial charge in [-0.05, 0) is 48.5 Å². The highest BCUT2D eigenvalue weighted by Gasteiger charge is 2.34. The van der Waals surface area contributed by atoms with Crippen LogP contribution < -0.4 is 9.64 Å². The Morgan fingerprint density at radius 2 is 2.04 bits per heavy atom. The first-order chi connectivity index (χ1) is 13.0. The number of allylic oxidation sites excluding steroid dienone is 1. The van der Waals surface area contributed by atoms with Gasteiger partial charge in [0.15, 0.2) is 5.78 Å². The minimum Gasteiger partial charge on any atom is -0.507 e. The van der Waals surface area contributed by atoms with E-state index in [0.29, 0.717) is 6.54 Å². The number of aromatic hydroxyl groups is 1. The first-order valence-electron chi connectivity index (χ1n) is 8.64. The number of carbonyl (C=O) groups is 1. The van der Waals surface area contributed by atoms with Crippen LogP contribution in [-0.4, -0.2) is 42.0 Å². The van der Waals surface area contributed by atoms with Crippen LogP contribution in [0.25, 0.3) is 0 Å². The normalized spacial score (nSPS) is 18.3. The lowest BCUT2D eigenvalue weighted by molar-refractivity contribution is 0.104. The molecule has 1 atom stereocenters. The first kappa shape index (κ1) is 17.1. The van der Waals surface area contributed by atoms with Crippen molar-refractivity contribution < 1.29 is 19.0 Å². The number of benzene rings is 2. The molecule has 0 saturated heterocycles. The molecule has 5 nitrogen and oxygen atoms in total. The molecule has 27 heavy (non-hydrogen) atoms. The number of ether oxygens (including phenoxy) is 1. The largest absolute Gasteiger partial charge is 0.507 e. The first-order valence-corrected chi connectivity index (χ1v) is 8.64. The number of halogens is 1. The molecule has 2 bridgehead atoms. The number of phenolic OH excluding ortho intramolecular Hbond substituents is 1. The van der Waals surface area contributed by atoms with Crippen molar-refractivity contribution in [1.82, 2.24) is 4.90 Å². The van der Waals surface area contributed by atoms with Crippen LogP contribution in [0.2, 0.25) is 0 Å². The van der Waals surface area contributed by atoms with E-state index in [2.05, 4.69) is 15.9 Å². The fourth-order valence-electron chi connectivity index (χ4n) is 3.47. The van der Waals surface area contributed by atoms with Crippen molar-refractivity contribution in [2.24, 2.45) is 0 Å². The molecule has 1 N–H and O–H groups in total. The smallest absolute Gasteiger partial charge is 0.191 e. The van der Waals surface area contributed by atoms with Crippen molar-refractivity contribution in [1.29, 1.82) is 0 Å². The predicted octanol–water partition coefficient (Wildman–Crippen LogP) is 3.32. The van der Waals surface area contributed by atoms with Crippen LogP contribution in [0.15, 0.2) is 66.5 Å². The number of fused-ring (bicyclic) bond motifs is 1. The third-order valence-corrected chi connectivity index (χ3v) is 4.90. The molecule has 2 aromatic rings. The van der Waals surface area contributed by atoms with Crippen LogP contribution >= 0.6 is 0 Å². The summed E-state index contributed by atoms with van der Waals surface area (Å²) < 4.78 is 18.5. The van der Waals surface area contributed by atoms with Gasteiger partial charge in [0.05, 0.1) is 25.3 Å². The summed E-state index contributed by atoms with van der Waals surface area (Å²) in [4.78, 5) is 16.6. The molecular weight excluding hydrogens is 347 g/mol. The summed E-state index contributed by atoms with van der Waals surface area (Å²) in [6.07, 6.45) is 5.27. The molecule has 0 spiro atoms. The average Bonchev–Trinajstić information content (AvgIpc) is 3.28. The number of hydrogen-bond donors (Lipinski definition) is 1. The quantitative estimate of drug-likeness (QED) is 0.650. The summed E-state index contributed by atoms with van der Waals surface area (Å²) in [5.41, 5.74) is 2.25. The minimum atomic E-state index is -0.552. The highest BCUT2D eigenvalue weighted by molar-refractivity contribution is 6.06. The average molecular weight is 366 g/mol. The standard InChI is InChI=1S/C21H19FN2O3/c1-27-18-5-3-15(4-6-18)24-13-16-11-17(24)12-23(16)9-8-21(26)19-10-14(22)2-7-20(19)25/h2-11,16,25H,12-13H2,1H3/b9-8+/t16-/m1/s1. The molecule has 0 amide bonds. The van der Waals surface area contributed by atoms with E-state index in [4.69, 9.17) is 4.74 Å². The third kappa shape index (κ3) is 3.26. The molecule has 0 aliphatic carbocycles. The van der Waals surface area contributed by atoms with Gasteiger partial charge in [0.25, 0.3) is 0 Å². The van der Waals surface area contributed by atoms with E-state index in [1.54, 1.807) is 13.3 Å². The predicted molar refractivity (Wildman–Crippen MR) is 100 cm³/mol. The van der Waals surface area contributed by atoms with Crippen molar-refractivity contribution in [3.63, 3.8) is 0 Å². The number of phenols is 1. The molecule has 2 aromatic carbocycles. The lowest BCUT2D eigenvalue weighted by Gasteiger charge is -2.34. The molecule has 138 valence electrons. The van der Waals surface area contributed by atoms with Gasteiger partial charge >= 0.3 is 0 Å². The zero-order valence-corrected chi connectivity index (χ0v) is 14.8. The van der Waals surface area contributed by atoms with E-state index in [0.717, 1.165) is 30.1 Å². The van der Waals surface area contributed by atoms with Gasteiger partial charge in [0.2, 0.25) is 0 Å². The molecule has 6 heteroatoms. The molecule has 2 aliphatic heterocycles. The molecule has 0 unspecified atom stereocenters. The Morgan fingerprint density at radius 3 is 2.70 bits per heavy atom. The lowest BCUT2D eigenvalue weighted by atomic mass is 10.1. The number of anilines is 1. The summed E-state index contributed by atoms with van der Waals surface area (Å²) >= 11 is 0. The SMILES string of the molecule is COc1ccc(N2C[C@H]3C=C2CN3/C=C/C(=O)c2cc(F)ccc2O)cc1. The molecule has 0 aromatic heterocycles. The zero-order valence-electron chi connectivity index (χ0n) is 14.8. The summed E-state index contributed by atoms with van der Waals surface area (Å²) in [5, 5.41) is 9.74. The molecule has 2 aliphatic rings. The van der Waals surface area contributed by atoms with Gasteiger partial charge in [-0.2, -0.15) is 0 Å². The fourth-order valence-corrected chi connectivity index (χ4v) is 3.47. The van der Waals surface area contributed by atoms with Gasteiger partial charge in [-0.15, -0.1) is 0 Å². The van der Waals surface area contributed by atoms with E-state index in [1.165, 1.54) is 17.8 Å². The number of nitrogens with zero attached hydrogens (tertiary/aromatic N) is 2. The summed E-state index contributed by atoms with van der Waals surface area (Å²) in [6.45, 7) is 1.49. The van der Waals surface area contributed by atoms with Gasteiger partial charge in [-0.3, -0.25) is 4.79 Å². The Balaban J connectivity index is 1.42. The van der Waals surface area contributed by atoms with Gasteiger partial charge in [-0.25, -0.2) is 4.39 Å². The molecule has 2 heterocycles. The highest BCUT2D eigenvalue weighted by atomic mass is 19.1. The molecule has 0 saturated carbocycles. The maximum absolute atomic E-state index is 13.3. The molecule has 0 radical (unpaired) electrons. The second-order valence-electron chi connectivity index (χ2n) is 6.55. The summed E-state index contributed by atoms with van der Waals surface area (Å²) in [5.74, 6) is -0.378. The van der Waals surface area contributed by atoms with E-state index in [9.17, 15) is 14.3 Å². The molecular formula is C21H19FN2O3. The summed E-state index contributed by atoms with van der Waals surface area (Å²) in [6, 6.07) is 11.4. The van der Waals surface area contributed by atoms with Crippen LogP contribution in [0.1, 0.15) is 10.4 Å². The second kappa shape index (κ2) is 6.79. The van der Waals surface area contributed by atoms with E-state index >= 15 is 0 Å².